The Morgan fingerprint density at radius 2 is 2.17 bits per heavy atom. The molecule has 0 aromatic heterocycles. The molecule has 1 heterocycles. The molecule has 4 nitrogen and oxygen atoms in total. The monoisotopic (exact) mass is 249 g/mol. The van der Waals surface area contributed by atoms with Crippen LogP contribution in [0.15, 0.2) is 24.3 Å². The van der Waals surface area contributed by atoms with Crippen LogP contribution in [-0.4, -0.2) is 40.7 Å². The molecule has 0 spiro atoms. The number of phenolic OH excluding ortho intramolecular Hbond substituents is 1. The highest BCUT2D eigenvalue weighted by Crippen LogP contribution is 2.20. The van der Waals surface area contributed by atoms with Gasteiger partial charge in [-0.1, -0.05) is 18.2 Å². The number of aliphatic hydroxyl groups excluding tert-OH is 1. The van der Waals surface area contributed by atoms with Gasteiger partial charge >= 0.3 is 0 Å². The summed E-state index contributed by atoms with van der Waals surface area (Å²) >= 11 is 0. The van der Waals surface area contributed by atoms with E-state index in [1.165, 1.54) is 0 Å². The smallest absolute Gasteiger partial charge is 0.227 e. The number of hydrogen-bond donors (Lipinski definition) is 2. The highest BCUT2D eigenvalue weighted by molar-refractivity contribution is 5.79. The second-order valence-electron chi connectivity index (χ2n) is 4.84. The molecule has 1 aliphatic heterocycles. The van der Waals surface area contributed by atoms with Gasteiger partial charge in [0, 0.05) is 25.3 Å². The van der Waals surface area contributed by atoms with E-state index in [1.807, 2.05) is 6.07 Å². The van der Waals surface area contributed by atoms with Gasteiger partial charge in [-0.25, -0.2) is 0 Å². The van der Waals surface area contributed by atoms with Crippen molar-refractivity contribution in [2.45, 2.75) is 19.3 Å². The Labute approximate surface area is 107 Å². The largest absolute Gasteiger partial charge is 0.508 e. The molecule has 1 aromatic rings. The van der Waals surface area contributed by atoms with Crippen molar-refractivity contribution in [2.75, 3.05) is 19.7 Å². The molecule has 4 heteroatoms. The number of nitrogens with zero attached hydrogens (tertiary/aromatic N) is 1. The van der Waals surface area contributed by atoms with E-state index in [1.54, 1.807) is 23.1 Å². The summed E-state index contributed by atoms with van der Waals surface area (Å²) in [5, 5.41) is 18.8. The Hall–Kier alpha value is -1.55. The Balaban J connectivity index is 1.97. The van der Waals surface area contributed by atoms with Crippen molar-refractivity contribution < 1.29 is 15.0 Å². The maximum atomic E-state index is 12.1. The van der Waals surface area contributed by atoms with Crippen LogP contribution in [0.5, 0.6) is 5.75 Å². The molecule has 0 saturated carbocycles. The fraction of sp³-hybridized carbons (Fsp3) is 0.500. The van der Waals surface area contributed by atoms with Gasteiger partial charge in [-0.15, -0.1) is 0 Å². The number of benzene rings is 1. The summed E-state index contributed by atoms with van der Waals surface area (Å²) in [6.45, 7) is 1.52. The molecule has 1 saturated heterocycles. The van der Waals surface area contributed by atoms with Crippen molar-refractivity contribution in [3.63, 3.8) is 0 Å². The van der Waals surface area contributed by atoms with Crippen LogP contribution in [0.2, 0.25) is 0 Å². The highest BCUT2D eigenvalue weighted by Gasteiger charge is 2.23. The number of aromatic hydroxyl groups is 1. The molecule has 0 aliphatic carbocycles. The number of carbonyl (C=O) groups excluding carboxylic acids is 1. The third kappa shape index (κ3) is 3.01. The maximum absolute atomic E-state index is 12.1. The molecule has 1 atom stereocenters. The fourth-order valence-electron chi connectivity index (χ4n) is 2.38. The van der Waals surface area contributed by atoms with Gasteiger partial charge in [0.15, 0.2) is 0 Å². The quantitative estimate of drug-likeness (QED) is 0.845. The Morgan fingerprint density at radius 3 is 2.89 bits per heavy atom. The van der Waals surface area contributed by atoms with E-state index in [-0.39, 0.29) is 30.6 Å². The first-order chi connectivity index (χ1) is 8.70. The van der Waals surface area contributed by atoms with Crippen molar-refractivity contribution in [1.82, 2.24) is 4.90 Å². The van der Waals surface area contributed by atoms with Crippen molar-refractivity contribution >= 4 is 5.91 Å². The standard InChI is InChI=1S/C14H19NO3/c16-10-11-4-3-7-15(9-11)14(18)8-12-5-1-2-6-13(12)17/h1-2,5-6,11,16-17H,3-4,7-10H2. The molecule has 1 fully saturated rings. The van der Waals surface area contributed by atoms with Gasteiger partial charge in [0.25, 0.3) is 0 Å². The zero-order chi connectivity index (χ0) is 13.0. The molecular weight excluding hydrogens is 230 g/mol. The molecule has 2 N–H and O–H groups in total. The molecule has 18 heavy (non-hydrogen) atoms. The molecule has 0 bridgehead atoms. The minimum Gasteiger partial charge on any atom is -0.508 e. The third-order valence-electron chi connectivity index (χ3n) is 3.46. The highest BCUT2D eigenvalue weighted by atomic mass is 16.3. The van der Waals surface area contributed by atoms with Crippen LogP contribution in [0.3, 0.4) is 0 Å². The summed E-state index contributed by atoms with van der Waals surface area (Å²) in [6.07, 6.45) is 2.15. The predicted octanol–water partition coefficient (Wildman–Crippen LogP) is 1.17. The SMILES string of the molecule is O=C(Cc1ccccc1O)N1CCCC(CO)C1. The maximum Gasteiger partial charge on any atom is 0.227 e. The van der Waals surface area contributed by atoms with E-state index in [4.69, 9.17) is 5.11 Å². The number of carbonyl (C=O) groups is 1. The summed E-state index contributed by atoms with van der Waals surface area (Å²) in [7, 11) is 0. The normalized spacial score (nSPS) is 19.8. The van der Waals surface area contributed by atoms with E-state index < -0.39 is 0 Å². The Bertz CT molecular complexity index is 419. The van der Waals surface area contributed by atoms with Gasteiger partial charge in [0.05, 0.1) is 6.42 Å². The van der Waals surface area contributed by atoms with E-state index in [0.29, 0.717) is 12.1 Å². The lowest BCUT2D eigenvalue weighted by Gasteiger charge is -2.32. The summed E-state index contributed by atoms with van der Waals surface area (Å²) in [5.74, 6) is 0.392. The van der Waals surface area contributed by atoms with Crippen molar-refractivity contribution in [3.8, 4) is 5.75 Å². The number of phenols is 1. The predicted molar refractivity (Wildman–Crippen MR) is 68.2 cm³/mol. The minimum absolute atomic E-state index is 0.0228. The van der Waals surface area contributed by atoms with E-state index in [9.17, 15) is 9.90 Å². The summed E-state index contributed by atoms with van der Waals surface area (Å²) < 4.78 is 0. The number of likely N-dealkylation sites (tertiary alicyclic amines) is 1. The summed E-state index contributed by atoms with van der Waals surface area (Å²) in [6, 6.07) is 6.91. The van der Waals surface area contributed by atoms with E-state index >= 15 is 0 Å². The van der Waals surface area contributed by atoms with Gasteiger partial charge in [0.1, 0.15) is 5.75 Å². The first kappa shape index (κ1) is 12.9. The van der Waals surface area contributed by atoms with Gasteiger partial charge in [-0.2, -0.15) is 0 Å². The zero-order valence-electron chi connectivity index (χ0n) is 10.4. The number of rotatable bonds is 3. The number of para-hydroxylation sites is 1. The van der Waals surface area contributed by atoms with Gasteiger partial charge < -0.3 is 15.1 Å². The number of hydrogen-bond acceptors (Lipinski definition) is 3. The van der Waals surface area contributed by atoms with Crippen LogP contribution in [0.25, 0.3) is 0 Å². The molecule has 98 valence electrons. The first-order valence-electron chi connectivity index (χ1n) is 6.36. The fourth-order valence-corrected chi connectivity index (χ4v) is 2.38. The van der Waals surface area contributed by atoms with Crippen LogP contribution in [0.1, 0.15) is 18.4 Å². The topological polar surface area (TPSA) is 60.8 Å². The second kappa shape index (κ2) is 5.87. The number of amides is 1. The Kier molecular flexibility index (Phi) is 4.20. The van der Waals surface area contributed by atoms with Crippen molar-refractivity contribution in [2.24, 2.45) is 5.92 Å². The number of aliphatic hydroxyl groups is 1. The van der Waals surface area contributed by atoms with Crippen LogP contribution >= 0.6 is 0 Å². The Morgan fingerprint density at radius 1 is 1.39 bits per heavy atom. The lowest BCUT2D eigenvalue weighted by molar-refractivity contribution is -0.132. The van der Waals surface area contributed by atoms with E-state index in [0.717, 1.165) is 19.4 Å². The molecule has 1 unspecified atom stereocenters. The lowest BCUT2D eigenvalue weighted by atomic mass is 9.98. The molecule has 1 aromatic carbocycles. The summed E-state index contributed by atoms with van der Waals surface area (Å²) in [5.41, 5.74) is 0.661. The van der Waals surface area contributed by atoms with E-state index in [2.05, 4.69) is 0 Å². The van der Waals surface area contributed by atoms with Gasteiger partial charge in [0.2, 0.25) is 5.91 Å². The minimum atomic E-state index is 0.0228. The molecule has 2 rings (SSSR count). The van der Waals surface area contributed by atoms with Crippen LogP contribution in [0, 0.1) is 5.92 Å². The van der Waals surface area contributed by atoms with Crippen molar-refractivity contribution in [1.29, 1.82) is 0 Å². The average Bonchev–Trinajstić information content (AvgIpc) is 2.41. The van der Waals surface area contributed by atoms with Crippen molar-refractivity contribution in [3.05, 3.63) is 29.8 Å². The van der Waals surface area contributed by atoms with Crippen LogP contribution < -0.4 is 0 Å². The lowest BCUT2D eigenvalue weighted by Crippen LogP contribution is -2.41. The van der Waals surface area contributed by atoms with Gasteiger partial charge in [-0.05, 0) is 24.8 Å². The van der Waals surface area contributed by atoms with Crippen LogP contribution in [-0.2, 0) is 11.2 Å². The zero-order valence-corrected chi connectivity index (χ0v) is 10.4. The average molecular weight is 249 g/mol. The molecular formula is C14H19NO3. The molecule has 1 amide bonds. The summed E-state index contributed by atoms with van der Waals surface area (Å²) in [4.78, 5) is 13.9. The van der Waals surface area contributed by atoms with Crippen LogP contribution in [0.4, 0.5) is 0 Å². The number of piperidine rings is 1. The second-order valence-corrected chi connectivity index (χ2v) is 4.84. The van der Waals surface area contributed by atoms with Gasteiger partial charge in [-0.3, -0.25) is 4.79 Å². The third-order valence-corrected chi connectivity index (χ3v) is 3.46. The molecule has 1 aliphatic rings. The first-order valence-corrected chi connectivity index (χ1v) is 6.36. The molecule has 0 radical (unpaired) electrons.